The van der Waals surface area contributed by atoms with Crippen LogP contribution in [0.5, 0.6) is 0 Å². The highest BCUT2D eigenvalue weighted by Gasteiger charge is 2.30. The van der Waals surface area contributed by atoms with E-state index in [4.69, 9.17) is 0 Å². The Hall–Kier alpha value is -1.77. The highest BCUT2D eigenvalue weighted by Crippen LogP contribution is 2.21. The third-order valence-corrected chi connectivity index (χ3v) is 6.85. The zero-order valence-corrected chi connectivity index (χ0v) is 17.2. The van der Waals surface area contributed by atoms with E-state index in [9.17, 15) is 8.42 Å². The lowest BCUT2D eigenvalue weighted by Gasteiger charge is -2.21. The molecule has 3 rings (SSSR count). The molecule has 1 fully saturated rings. The van der Waals surface area contributed by atoms with Crippen LogP contribution in [0, 0.1) is 13.8 Å². The van der Waals surface area contributed by atoms with Crippen LogP contribution in [0.2, 0.25) is 0 Å². The summed E-state index contributed by atoms with van der Waals surface area (Å²) in [4.78, 5) is 7.18. The number of sulfonamides is 1. The van der Waals surface area contributed by atoms with E-state index in [0.717, 1.165) is 43.9 Å². The summed E-state index contributed by atoms with van der Waals surface area (Å²) in [6.07, 6.45) is 3.41. The van der Waals surface area contributed by atoms with Crippen molar-refractivity contribution in [2.75, 3.05) is 26.2 Å². The number of hydrogen-bond acceptors (Lipinski definition) is 5. The average Bonchev–Trinajstić information content (AvgIpc) is 2.83. The number of aryl methyl sites for hydroxylation is 3. The molecule has 2 aromatic heterocycles. The van der Waals surface area contributed by atoms with Crippen molar-refractivity contribution in [3.05, 3.63) is 41.5 Å². The largest absolute Gasteiger partial charge is 0.296 e. The van der Waals surface area contributed by atoms with Gasteiger partial charge in [-0.2, -0.15) is 9.40 Å². The maximum atomic E-state index is 13.1. The zero-order valence-electron chi connectivity index (χ0n) is 16.4. The van der Waals surface area contributed by atoms with Gasteiger partial charge < -0.3 is 0 Å². The van der Waals surface area contributed by atoms with Crippen LogP contribution < -0.4 is 0 Å². The molecule has 0 aromatic carbocycles. The van der Waals surface area contributed by atoms with Gasteiger partial charge >= 0.3 is 0 Å². The Morgan fingerprint density at radius 3 is 2.67 bits per heavy atom. The summed E-state index contributed by atoms with van der Waals surface area (Å²) in [7, 11) is -3.51. The van der Waals surface area contributed by atoms with Crippen LogP contribution >= 0.6 is 0 Å². The van der Waals surface area contributed by atoms with Crippen LogP contribution in [0.1, 0.15) is 36.8 Å². The first-order valence-corrected chi connectivity index (χ1v) is 11.0. The quantitative estimate of drug-likeness (QED) is 0.755. The maximum absolute atomic E-state index is 13.1. The molecule has 0 unspecified atom stereocenters. The van der Waals surface area contributed by atoms with Crippen molar-refractivity contribution in [1.82, 2.24) is 24.0 Å². The molecule has 0 amide bonds. The Balaban J connectivity index is 1.69. The monoisotopic (exact) mass is 391 g/mol. The van der Waals surface area contributed by atoms with E-state index in [1.165, 1.54) is 0 Å². The van der Waals surface area contributed by atoms with Crippen molar-refractivity contribution in [2.24, 2.45) is 0 Å². The van der Waals surface area contributed by atoms with Crippen LogP contribution in [0.15, 0.2) is 29.3 Å². The van der Waals surface area contributed by atoms with Gasteiger partial charge in [0.25, 0.3) is 0 Å². The Morgan fingerprint density at radius 2 is 1.93 bits per heavy atom. The lowest BCUT2D eigenvalue weighted by atomic mass is 10.3. The molecule has 0 radical (unpaired) electrons. The van der Waals surface area contributed by atoms with Gasteiger partial charge in [-0.3, -0.25) is 14.6 Å². The summed E-state index contributed by atoms with van der Waals surface area (Å²) >= 11 is 0. The van der Waals surface area contributed by atoms with Crippen molar-refractivity contribution in [2.45, 2.75) is 51.6 Å². The highest BCUT2D eigenvalue weighted by molar-refractivity contribution is 7.89. The Labute approximate surface area is 162 Å². The fourth-order valence-electron chi connectivity index (χ4n) is 3.50. The van der Waals surface area contributed by atoms with Crippen LogP contribution in [0.3, 0.4) is 0 Å². The standard InChI is InChI=1S/C19H29N5O2S/c1-4-9-23-15-19(17(3)21-23)27(25,26)24-11-6-10-22(12-13-24)14-18-8-5-7-16(2)20-18/h5,7-8,15H,4,6,9-14H2,1-3H3. The van der Waals surface area contributed by atoms with Crippen molar-refractivity contribution in [3.63, 3.8) is 0 Å². The Morgan fingerprint density at radius 1 is 1.11 bits per heavy atom. The second kappa shape index (κ2) is 8.50. The maximum Gasteiger partial charge on any atom is 0.246 e. The summed E-state index contributed by atoms with van der Waals surface area (Å²) in [5, 5.41) is 4.36. The molecule has 0 N–H and O–H groups in total. The minimum atomic E-state index is -3.51. The van der Waals surface area contributed by atoms with Crippen molar-refractivity contribution in [1.29, 1.82) is 0 Å². The minimum absolute atomic E-state index is 0.338. The van der Waals surface area contributed by atoms with Crippen molar-refractivity contribution < 1.29 is 8.42 Å². The normalized spacial score (nSPS) is 17.1. The van der Waals surface area contributed by atoms with Crippen LogP contribution in [-0.2, 0) is 23.1 Å². The highest BCUT2D eigenvalue weighted by atomic mass is 32.2. The average molecular weight is 392 g/mol. The molecule has 3 heterocycles. The molecule has 27 heavy (non-hydrogen) atoms. The third kappa shape index (κ3) is 4.75. The molecule has 7 nitrogen and oxygen atoms in total. The topological polar surface area (TPSA) is 71.3 Å². The Bertz CT molecular complexity index is 878. The number of pyridine rings is 1. The third-order valence-electron chi connectivity index (χ3n) is 4.85. The molecule has 1 aliphatic heterocycles. The van der Waals surface area contributed by atoms with Gasteiger partial charge in [0, 0.05) is 44.6 Å². The second-order valence-corrected chi connectivity index (χ2v) is 9.05. The first-order valence-electron chi connectivity index (χ1n) is 9.59. The van der Waals surface area contributed by atoms with E-state index < -0.39 is 10.0 Å². The summed E-state index contributed by atoms with van der Waals surface area (Å²) in [6, 6.07) is 6.03. The van der Waals surface area contributed by atoms with E-state index in [-0.39, 0.29) is 0 Å². The van der Waals surface area contributed by atoms with Gasteiger partial charge in [-0.05, 0) is 45.4 Å². The van der Waals surface area contributed by atoms with Gasteiger partial charge in [0.1, 0.15) is 4.90 Å². The molecule has 148 valence electrons. The summed E-state index contributed by atoms with van der Waals surface area (Å²) < 4.78 is 29.6. The molecule has 1 saturated heterocycles. The Kier molecular flexibility index (Phi) is 6.29. The lowest BCUT2D eigenvalue weighted by Crippen LogP contribution is -2.35. The van der Waals surface area contributed by atoms with Gasteiger partial charge in [0.15, 0.2) is 0 Å². The van der Waals surface area contributed by atoms with Crippen molar-refractivity contribution in [3.8, 4) is 0 Å². The molecule has 1 aliphatic rings. The summed E-state index contributed by atoms with van der Waals surface area (Å²) in [5.74, 6) is 0. The zero-order chi connectivity index (χ0) is 19.4. The van der Waals surface area contributed by atoms with Crippen LogP contribution in [0.25, 0.3) is 0 Å². The summed E-state index contributed by atoms with van der Waals surface area (Å²) in [5.41, 5.74) is 2.61. The molecule has 0 spiro atoms. The first-order chi connectivity index (χ1) is 12.9. The van der Waals surface area contributed by atoms with Gasteiger partial charge in [-0.1, -0.05) is 13.0 Å². The minimum Gasteiger partial charge on any atom is -0.296 e. The second-order valence-electron chi connectivity index (χ2n) is 7.15. The van der Waals surface area contributed by atoms with E-state index in [1.54, 1.807) is 22.1 Å². The number of rotatable bonds is 6. The van der Waals surface area contributed by atoms with Crippen LogP contribution in [0.4, 0.5) is 0 Å². The molecule has 0 saturated carbocycles. The molecule has 0 bridgehead atoms. The van der Waals surface area contributed by atoms with Gasteiger partial charge in [-0.25, -0.2) is 8.42 Å². The van der Waals surface area contributed by atoms with Gasteiger partial charge in [-0.15, -0.1) is 0 Å². The fourth-order valence-corrected chi connectivity index (χ4v) is 5.14. The van der Waals surface area contributed by atoms with Gasteiger partial charge in [0.2, 0.25) is 10.0 Å². The molecule has 2 aromatic rings. The van der Waals surface area contributed by atoms with E-state index in [0.29, 0.717) is 30.2 Å². The number of nitrogens with zero attached hydrogens (tertiary/aromatic N) is 5. The molecule has 8 heteroatoms. The van der Waals surface area contributed by atoms with Crippen molar-refractivity contribution >= 4 is 10.0 Å². The summed E-state index contributed by atoms with van der Waals surface area (Å²) in [6.45, 7) is 9.90. The predicted octanol–water partition coefficient (Wildman–Crippen LogP) is 2.20. The lowest BCUT2D eigenvalue weighted by molar-refractivity contribution is 0.275. The first kappa shape index (κ1) is 20.0. The number of aromatic nitrogens is 3. The fraction of sp³-hybridized carbons (Fsp3) is 0.579. The van der Waals surface area contributed by atoms with E-state index in [2.05, 4.69) is 21.9 Å². The van der Waals surface area contributed by atoms with E-state index >= 15 is 0 Å². The molecular weight excluding hydrogens is 362 g/mol. The van der Waals surface area contributed by atoms with Crippen LogP contribution in [-0.4, -0.2) is 58.6 Å². The van der Waals surface area contributed by atoms with Gasteiger partial charge in [0.05, 0.1) is 11.4 Å². The van der Waals surface area contributed by atoms with E-state index in [1.807, 2.05) is 25.1 Å². The molecule has 0 atom stereocenters. The SMILES string of the molecule is CCCn1cc(S(=O)(=O)N2CCCN(Cc3cccc(C)n3)CC2)c(C)n1. The number of hydrogen-bond donors (Lipinski definition) is 0. The smallest absolute Gasteiger partial charge is 0.246 e. The molecular formula is C19H29N5O2S. The molecule has 0 aliphatic carbocycles. The predicted molar refractivity (Wildman–Crippen MR) is 105 cm³/mol.